The minimum absolute atomic E-state index is 0.123. The molecule has 138 valence electrons. The first-order chi connectivity index (χ1) is 11.9. The van der Waals surface area contributed by atoms with E-state index in [4.69, 9.17) is 8.94 Å². The number of nitrogens with one attached hydrogen (secondary N) is 1. The van der Waals surface area contributed by atoms with Gasteiger partial charge in [0.05, 0.1) is 12.3 Å². The molecular formula is C17H25N3O4S. The van der Waals surface area contributed by atoms with Gasteiger partial charge in [0, 0.05) is 6.54 Å². The number of rotatable bonds is 6. The molecule has 1 fully saturated rings. The summed E-state index contributed by atoms with van der Waals surface area (Å²) in [6.07, 6.45) is 3.83. The van der Waals surface area contributed by atoms with E-state index in [-0.39, 0.29) is 17.5 Å². The second-order valence-corrected chi connectivity index (χ2v) is 8.46. The molecule has 3 heterocycles. The van der Waals surface area contributed by atoms with Crippen molar-refractivity contribution in [1.29, 1.82) is 0 Å². The molecule has 25 heavy (non-hydrogen) atoms. The number of aromatic nitrogens is 1. The molecule has 1 N–H and O–H groups in total. The van der Waals surface area contributed by atoms with Crippen LogP contribution in [0.1, 0.15) is 43.0 Å². The van der Waals surface area contributed by atoms with E-state index < -0.39 is 10.0 Å². The lowest BCUT2D eigenvalue weighted by Crippen LogP contribution is -2.41. The van der Waals surface area contributed by atoms with Gasteiger partial charge in [-0.2, -0.15) is 0 Å². The lowest BCUT2D eigenvalue weighted by molar-refractivity contribution is 0.125. The Bertz CT molecular complexity index is 770. The molecule has 8 heteroatoms. The monoisotopic (exact) mass is 367 g/mol. The highest BCUT2D eigenvalue weighted by molar-refractivity contribution is 7.89. The molecule has 0 saturated carbocycles. The van der Waals surface area contributed by atoms with Crippen LogP contribution in [0.3, 0.4) is 0 Å². The van der Waals surface area contributed by atoms with Gasteiger partial charge in [-0.05, 0) is 57.8 Å². The van der Waals surface area contributed by atoms with Crippen molar-refractivity contribution in [2.24, 2.45) is 5.92 Å². The highest BCUT2D eigenvalue weighted by Crippen LogP contribution is 2.27. The van der Waals surface area contributed by atoms with Crippen LogP contribution in [-0.2, 0) is 10.0 Å². The molecule has 7 nitrogen and oxygen atoms in total. The van der Waals surface area contributed by atoms with Crippen molar-refractivity contribution < 1.29 is 17.4 Å². The molecule has 2 aromatic rings. The Morgan fingerprint density at radius 2 is 2.08 bits per heavy atom. The summed E-state index contributed by atoms with van der Waals surface area (Å²) in [6.45, 7) is 7.58. The maximum atomic E-state index is 12.7. The van der Waals surface area contributed by atoms with E-state index in [9.17, 15) is 8.42 Å². The van der Waals surface area contributed by atoms with Crippen LogP contribution >= 0.6 is 0 Å². The second kappa shape index (κ2) is 7.31. The van der Waals surface area contributed by atoms with Crippen LogP contribution in [0.2, 0.25) is 0 Å². The van der Waals surface area contributed by atoms with E-state index >= 15 is 0 Å². The predicted octanol–water partition coefficient (Wildman–Crippen LogP) is 2.64. The third-order valence-electron chi connectivity index (χ3n) is 4.83. The van der Waals surface area contributed by atoms with Crippen molar-refractivity contribution >= 4 is 10.0 Å². The molecule has 0 aromatic carbocycles. The zero-order valence-corrected chi connectivity index (χ0v) is 15.7. The molecule has 0 aliphatic carbocycles. The Morgan fingerprint density at radius 1 is 1.36 bits per heavy atom. The summed E-state index contributed by atoms with van der Waals surface area (Å²) in [5.41, 5.74) is 0.367. The van der Waals surface area contributed by atoms with Crippen LogP contribution in [0.4, 0.5) is 0 Å². The molecule has 1 unspecified atom stereocenters. The topological polar surface area (TPSA) is 88.6 Å². The smallest absolute Gasteiger partial charge is 0.246 e. The maximum absolute atomic E-state index is 12.7. The Balaban J connectivity index is 1.77. The molecule has 0 spiro atoms. The van der Waals surface area contributed by atoms with Crippen LogP contribution < -0.4 is 4.72 Å². The molecule has 0 amide bonds. The van der Waals surface area contributed by atoms with Crippen LogP contribution in [0, 0.1) is 19.8 Å². The summed E-state index contributed by atoms with van der Waals surface area (Å²) in [4.78, 5) is 2.41. The fourth-order valence-corrected chi connectivity index (χ4v) is 4.71. The lowest BCUT2D eigenvalue weighted by atomic mass is 9.97. The van der Waals surface area contributed by atoms with Gasteiger partial charge in [-0.3, -0.25) is 4.90 Å². The average molecular weight is 367 g/mol. The van der Waals surface area contributed by atoms with Gasteiger partial charge in [0.25, 0.3) is 0 Å². The fourth-order valence-electron chi connectivity index (χ4n) is 3.35. The summed E-state index contributed by atoms with van der Waals surface area (Å²) >= 11 is 0. The Kier molecular flexibility index (Phi) is 5.31. The normalized spacial score (nSPS) is 18.5. The van der Waals surface area contributed by atoms with E-state index in [0.29, 0.717) is 17.4 Å². The van der Waals surface area contributed by atoms with Crippen LogP contribution in [0.15, 0.2) is 32.2 Å². The number of aryl methyl sites for hydroxylation is 2. The van der Waals surface area contributed by atoms with E-state index in [2.05, 4.69) is 21.7 Å². The van der Waals surface area contributed by atoms with Crippen LogP contribution in [0.5, 0.6) is 0 Å². The molecule has 1 atom stereocenters. The summed E-state index contributed by atoms with van der Waals surface area (Å²) in [6, 6.07) is 3.60. The quantitative estimate of drug-likeness (QED) is 0.844. The van der Waals surface area contributed by atoms with Gasteiger partial charge < -0.3 is 8.94 Å². The standard InChI is InChI=1S/C17H25N3O4S/c1-12-6-8-20(9-7-12)15(16-5-4-10-23-16)11-18-25(21,22)17-13(2)19-24-14(17)3/h4-5,10,12,15,18H,6-9,11H2,1-3H3. The molecular weight excluding hydrogens is 342 g/mol. The van der Waals surface area contributed by atoms with Crippen LogP contribution in [0.25, 0.3) is 0 Å². The van der Waals surface area contributed by atoms with E-state index in [1.54, 1.807) is 20.1 Å². The van der Waals surface area contributed by atoms with Crippen LogP contribution in [-0.4, -0.2) is 38.1 Å². The highest BCUT2D eigenvalue weighted by Gasteiger charge is 2.30. The second-order valence-electron chi connectivity index (χ2n) is 6.75. The SMILES string of the molecule is Cc1noc(C)c1S(=O)(=O)NCC(c1ccco1)N1CCC(C)CC1. The van der Waals surface area contributed by atoms with Crippen molar-refractivity contribution in [1.82, 2.24) is 14.8 Å². The molecule has 3 rings (SSSR count). The van der Waals surface area contributed by atoms with Gasteiger partial charge in [-0.1, -0.05) is 12.1 Å². The number of hydrogen-bond donors (Lipinski definition) is 1. The fraction of sp³-hybridized carbons (Fsp3) is 0.588. The zero-order valence-electron chi connectivity index (χ0n) is 14.9. The van der Waals surface area contributed by atoms with E-state index in [0.717, 1.165) is 31.7 Å². The zero-order chi connectivity index (χ0) is 18.0. The van der Waals surface area contributed by atoms with Gasteiger partial charge in [-0.25, -0.2) is 13.1 Å². The molecule has 2 aromatic heterocycles. The Hall–Kier alpha value is -1.64. The summed E-state index contributed by atoms with van der Waals surface area (Å²) in [5.74, 6) is 1.77. The summed E-state index contributed by atoms with van der Waals surface area (Å²) < 4.78 is 38.6. The number of sulfonamides is 1. The van der Waals surface area contributed by atoms with Gasteiger partial charge in [0.2, 0.25) is 10.0 Å². The first kappa shape index (κ1) is 18.2. The minimum Gasteiger partial charge on any atom is -0.468 e. The third kappa shape index (κ3) is 3.96. The molecule has 1 saturated heterocycles. The first-order valence-corrected chi connectivity index (χ1v) is 10.1. The van der Waals surface area contributed by atoms with Crippen molar-refractivity contribution in [2.75, 3.05) is 19.6 Å². The van der Waals surface area contributed by atoms with Gasteiger partial charge in [0.15, 0.2) is 5.76 Å². The summed E-state index contributed by atoms with van der Waals surface area (Å²) in [5, 5.41) is 3.73. The number of furan rings is 1. The summed E-state index contributed by atoms with van der Waals surface area (Å²) in [7, 11) is -3.69. The van der Waals surface area contributed by atoms with E-state index in [1.165, 1.54) is 0 Å². The van der Waals surface area contributed by atoms with Gasteiger partial charge >= 0.3 is 0 Å². The first-order valence-electron chi connectivity index (χ1n) is 8.58. The lowest BCUT2D eigenvalue weighted by Gasteiger charge is -2.35. The Morgan fingerprint density at radius 3 is 2.64 bits per heavy atom. The van der Waals surface area contributed by atoms with Crippen molar-refractivity contribution in [3.05, 3.63) is 35.6 Å². The molecule has 1 aliphatic rings. The number of piperidine rings is 1. The highest BCUT2D eigenvalue weighted by atomic mass is 32.2. The predicted molar refractivity (Wildman–Crippen MR) is 92.6 cm³/mol. The maximum Gasteiger partial charge on any atom is 0.246 e. The van der Waals surface area contributed by atoms with Crippen molar-refractivity contribution in [2.45, 2.75) is 44.6 Å². The molecule has 0 radical (unpaired) electrons. The van der Waals surface area contributed by atoms with Crippen molar-refractivity contribution in [3.63, 3.8) is 0 Å². The van der Waals surface area contributed by atoms with Crippen molar-refractivity contribution in [3.8, 4) is 0 Å². The Labute approximate surface area is 148 Å². The molecule has 1 aliphatic heterocycles. The minimum atomic E-state index is -3.69. The average Bonchev–Trinajstić information content (AvgIpc) is 3.19. The number of hydrogen-bond acceptors (Lipinski definition) is 6. The van der Waals surface area contributed by atoms with E-state index in [1.807, 2.05) is 12.1 Å². The van der Waals surface area contributed by atoms with Gasteiger partial charge in [0.1, 0.15) is 16.3 Å². The largest absolute Gasteiger partial charge is 0.468 e. The van der Waals surface area contributed by atoms with Gasteiger partial charge in [-0.15, -0.1) is 0 Å². The number of nitrogens with zero attached hydrogens (tertiary/aromatic N) is 2. The molecule has 0 bridgehead atoms. The number of likely N-dealkylation sites (tertiary alicyclic amines) is 1. The third-order valence-corrected chi connectivity index (χ3v) is 6.50.